The van der Waals surface area contributed by atoms with Gasteiger partial charge in [0, 0.05) is 11.1 Å². The van der Waals surface area contributed by atoms with E-state index in [1.54, 1.807) is 21.3 Å². The van der Waals surface area contributed by atoms with Gasteiger partial charge in [0.05, 0.1) is 32.7 Å². The van der Waals surface area contributed by atoms with Crippen LogP contribution < -0.4 is 25.7 Å². The highest BCUT2D eigenvalue weighted by molar-refractivity contribution is 5.89. The van der Waals surface area contributed by atoms with Gasteiger partial charge in [0.2, 0.25) is 5.75 Å². The summed E-state index contributed by atoms with van der Waals surface area (Å²) in [5.74, 6) is 1.68. The number of methoxy groups -OCH3 is 3. The van der Waals surface area contributed by atoms with Crippen LogP contribution in [0.2, 0.25) is 0 Å². The molecule has 0 aliphatic rings. The van der Waals surface area contributed by atoms with E-state index >= 15 is 0 Å². The van der Waals surface area contributed by atoms with Gasteiger partial charge in [-0.3, -0.25) is 0 Å². The molecule has 0 atom stereocenters. The number of aryl methyl sites for hydroxylation is 1. The van der Waals surface area contributed by atoms with Crippen molar-refractivity contribution < 1.29 is 14.2 Å². The molecule has 4 N–H and O–H groups in total. The predicted octanol–water partition coefficient (Wildman–Crippen LogP) is 2.85. The smallest absolute Gasteiger partial charge is 0.203 e. The van der Waals surface area contributed by atoms with Crippen LogP contribution in [0.25, 0.3) is 11.1 Å². The fraction of sp³-hybridized carbons (Fsp3) is 0.250. The molecule has 0 saturated heterocycles. The van der Waals surface area contributed by atoms with Crippen molar-refractivity contribution in [1.29, 1.82) is 0 Å². The molecule has 0 radical (unpaired) electrons. The molecule has 0 unspecified atom stereocenters. The number of ether oxygens (including phenoxy) is 3. The topological polar surface area (TPSA) is 79.7 Å². The zero-order valence-corrected chi connectivity index (χ0v) is 12.7. The summed E-state index contributed by atoms with van der Waals surface area (Å²) in [6.45, 7) is 1.96. The second-order valence-corrected chi connectivity index (χ2v) is 4.70. The lowest BCUT2D eigenvalue weighted by Gasteiger charge is -2.18. The van der Waals surface area contributed by atoms with Gasteiger partial charge in [-0.1, -0.05) is 0 Å². The Bertz CT molecular complexity index is 669. The van der Waals surface area contributed by atoms with E-state index in [0.717, 1.165) is 16.7 Å². The van der Waals surface area contributed by atoms with E-state index in [1.807, 2.05) is 31.2 Å². The molecule has 2 aromatic carbocycles. The molecule has 2 aromatic rings. The second kappa shape index (κ2) is 5.83. The Balaban J connectivity index is 2.76. The molecule has 0 bridgehead atoms. The number of benzene rings is 2. The molecule has 0 heterocycles. The minimum Gasteiger partial charge on any atom is -0.493 e. The summed E-state index contributed by atoms with van der Waals surface area (Å²) in [6, 6.07) is 7.50. The van der Waals surface area contributed by atoms with Gasteiger partial charge < -0.3 is 25.7 Å². The first kappa shape index (κ1) is 14.8. The summed E-state index contributed by atoms with van der Waals surface area (Å²) >= 11 is 0. The average molecular weight is 288 g/mol. The molecule has 21 heavy (non-hydrogen) atoms. The van der Waals surface area contributed by atoms with Gasteiger partial charge in [0.1, 0.15) is 0 Å². The molecule has 0 aliphatic carbocycles. The molecule has 112 valence electrons. The summed E-state index contributed by atoms with van der Waals surface area (Å²) in [5, 5.41) is 0. The van der Waals surface area contributed by atoms with Crippen molar-refractivity contribution >= 4 is 11.4 Å². The van der Waals surface area contributed by atoms with Crippen molar-refractivity contribution in [3.05, 3.63) is 29.8 Å². The first-order chi connectivity index (χ1) is 10.0. The molecular weight excluding hydrogens is 268 g/mol. The molecule has 0 aliphatic heterocycles. The molecule has 0 amide bonds. The van der Waals surface area contributed by atoms with Crippen LogP contribution in [-0.4, -0.2) is 21.3 Å². The average Bonchev–Trinajstić information content (AvgIpc) is 2.49. The number of hydrogen-bond acceptors (Lipinski definition) is 5. The molecule has 0 spiro atoms. The fourth-order valence-electron chi connectivity index (χ4n) is 2.36. The molecule has 0 fully saturated rings. The SMILES string of the molecule is COc1ccc(-c2cc(C)cc(N)c2N)c(OC)c1OC. The zero-order valence-electron chi connectivity index (χ0n) is 12.7. The summed E-state index contributed by atoms with van der Waals surface area (Å²) < 4.78 is 16.2. The first-order valence-corrected chi connectivity index (χ1v) is 6.48. The number of hydrogen-bond donors (Lipinski definition) is 2. The molecule has 0 aromatic heterocycles. The Hall–Kier alpha value is -2.56. The Morgan fingerprint density at radius 1 is 0.810 bits per heavy atom. The van der Waals surface area contributed by atoms with Crippen molar-refractivity contribution in [3.63, 3.8) is 0 Å². The van der Waals surface area contributed by atoms with Gasteiger partial charge in [-0.05, 0) is 36.8 Å². The van der Waals surface area contributed by atoms with Crippen molar-refractivity contribution in [2.45, 2.75) is 6.92 Å². The van der Waals surface area contributed by atoms with Crippen LogP contribution in [0.5, 0.6) is 17.2 Å². The van der Waals surface area contributed by atoms with E-state index in [2.05, 4.69) is 0 Å². The van der Waals surface area contributed by atoms with Crippen LogP contribution in [0.15, 0.2) is 24.3 Å². The molecule has 2 rings (SSSR count). The van der Waals surface area contributed by atoms with Crippen molar-refractivity contribution in [2.24, 2.45) is 0 Å². The maximum Gasteiger partial charge on any atom is 0.203 e. The number of nitrogens with two attached hydrogens (primary N) is 2. The maximum atomic E-state index is 6.12. The quantitative estimate of drug-likeness (QED) is 0.846. The van der Waals surface area contributed by atoms with Crippen LogP contribution in [0.3, 0.4) is 0 Å². The summed E-state index contributed by atoms with van der Waals surface area (Å²) in [6.07, 6.45) is 0. The Kier molecular flexibility index (Phi) is 4.12. The molecule has 5 nitrogen and oxygen atoms in total. The number of anilines is 2. The standard InChI is InChI=1S/C16H20N2O3/c1-9-7-11(14(18)12(17)8-9)10-5-6-13(19-2)16(21-4)15(10)20-3/h5-8H,17-18H2,1-4H3. The van der Waals surface area contributed by atoms with Crippen LogP contribution in [0.1, 0.15) is 5.56 Å². The second-order valence-electron chi connectivity index (χ2n) is 4.70. The highest BCUT2D eigenvalue weighted by Gasteiger charge is 2.19. The Labute approximate surface area is 124 Å². The number of nitrogen functional groups attached to an aromatic ring is 2. The van der Waals surface area contributed by atoms with E-state index in [4.69, 9.17) is 25.7 Å². The molecule has 0 saturated carbocycles. The third-order valence-corrected chi connectivity index (χ3v) is 3.35. The van der Waals surface area contributed by atoms with Gasteiger partial charge >= 0.3 is 0 Å². The summed E-state index contributed by atoms with van der Waals surface area (Å²) in [4.78, 5) is 0. The molecule has 5 heteroatoms. The van der Waals surface area contributed by atoms with Gasteiger partial charge in [-0.2, -0.15) is 0 Å². The Morgan fingerprint density at radius 2 is 1.48 bits per heavy atom. The van der Waals surface area contributed by atoms with Crippen molar-refractivity contribution in [3.8, 4) is 28.4 Å². The molecular formula is C16H20N2O3. The van der Waals surface area contributed by atoms with E-state index in [1.165, 1.54) is 0 Å². The third-order valence-electron chi connectivity index (χ3n) is 3.35. The zero-order chi connectivity index (χ0) is 15.6. The lowest BCUT2D eigenvalue weighted by atomic mass is 9.98. The monoisotopic (exact) mass is 288 g/mol. The normalized spacial score (nSPS) is 10.3. The summed E-state index contributed by atoms with van der Waals surface area (Å²) in [7, 11) is 4.73. The minimum atomic E-state index is 0.520. The Morgan fingerprint density at radius 3 is 2.05 bits per heavy atom. The van der Waals surface area contributed by atoms with Crippen LogP contribution in [0, 0.1) is 6.92 Å². The van der Waals surface area contributed by atoms with Gasteiger partial charge in [0.25, 0.3) is 0 Å². The van der Waals surface area contributed by atoms with Crippen molar-refractivity contribution in [2.75, 3.05) is 32.8 Å². The van der Waals surface area contributed by atoms with Gasteiger partial charge in [0.15, 0.2) is 11.5 Å². The van der Waals surface area contributed by atoms with Gasteiger partial charge in [-0.15, -0.1) is 0 Å². The fourth-order valence-corrected chi connectivity index (χ4v) is 2.36. The van der Waals surface area contributed by atoms with Crippen LogP contribution in [0.4, 0.5) is 11.4 Å². The van der Waals surface area contributed by atoms with E-state index in [9.17, 15) is 0 Å². The van der Waals surface area contributed by atoms with E-state index < -0.39 is 0 Å². The van der Waals surface area contributed by atoms with Gasteiger partial charge in [-0.25, -0.2) is 0 Å². The maximum absolute atomic E-state index is 6.12. The summed E-state index contributed by atoms with van der Waals surface area (Å²) in [5.41, 5.74) is 15.8. The lowest BCUT2D eigenvalue weighted by molar-refractivity contribution is 0.325. The lowest BCUT2D eigenvalue weighted by Crippen LogP contribution is -2.01. The first-order valence-electron chi connectivity index (χ1n) is 6.48. The van der Waals surface area contributed by atoms with E-state index in [0.29, 0.717) is 28.6 Å². The third kappa shape index (κ3) is 2.54. The number of rotatable bonds is 4. The minimum absolute atomic E-state index is 0.520. The van der Waals surface area contributed by atoms with Crippen LogP contribution in [-0.2, 0) is 0 Å². The van der Waals surface area contributed by atoms with Crippen molar-refractivity contribution in [1.82, 2.24) is 0 Å². The predicted molar refractivity (Wildman–Crippen MR) is 85.1 cm³/mol. The van der Waals surface area contributed by atoms with Crippen LogP contribution >= 0.6 is 0 Å². The van der Waals surface area contributed by atoms with E-state index in [-0.39, 0.29) is 0 Å². The highest BCUT2D eigenvalue weighted by atomic mass is 16.5. The highest BCUT2D eigenvalue weighted by Crippen LogP contribution is 2.46. The largest absolute Gasteiger partial charge is 0.493 e.